The van der Waals surface area contributed by atoms with Gasteiger partial charge in [0.2, 0.25) is 5.91 Å². The summed E-state index contributed by atoms with van der Waals surface area (Å²) < 4.78 is 0. The van der Waals surface area contributed by atoms with Crippen molar-refractivity contribution in [3.8, 4) is 0 Å². The molecule has 0 saturated carbocycles. The molecule has 0 spiro atoms. The van der Waals surface area contributed by atoms with E-state index in [0.29, 0.717) is 25.8 Å². The molecule has 184 valence electrons. The van der Waals surface area contributed by atoms with Crippen molar-refractivity contribution in [2.24, 2.45) is 16.5 Å². The number of carbonyl (C=O) groups is 2. The fourth-order valence-corrected chi connectivity index (χ4v) is 2.78. The highest BCUT2D eigenvalue weighted by atomic mass is 16.4. The number of aliphatic carboxylic acids is 1. The molecule has 6 N–H and O–H groups in total. The number of allylic oxidation sites excluding steroid dienone is 10. The molecule has 0 radical (unpaired) electrons. The molecule has 1 atom stereocenters. The first kappa shape index (κ1) is 29.9. The topological polar surface area (TPSA) is 131 Å². The first-order valence-corrected chi connectivity index (χ1v) is 11.8. The number of unbranched alkanes of at least 4 members (excludes halogenated alkanes) is 1. The minimum atomic E-state index is -1.05. The van der Waals surface area contributed by atoms with Crippen LogP contribution in [0.25, 0.3) is 0 Å². The number of carboxylic acid groups (broad SMARTS) is 1. The van der Waals surface area contributed by atoms with Crippen molar-refractivity contribution in [1.29, 1.82) is 0 Å². The number of nitrogens with one attached hydrogen (secondary N) is 1. The minimum absolute atomic E-state index is 0.0269. The number of amides is 1. The zero-order chi connectivity index (χ0) is 24.6. The number of rotatable bonds is 19. The number of hydrogen-bond acceptors (Lipinski definition) is 3. The smallest absolute Gasteiger partial charge is 0.326 e. The number of nitrogens with zero attached hydrogens (tertiary/aromatic N) is 1. The van der Waals surface area contributed by atoms with Gasteiger partial charge >= 0.3 is 5.97 Å². The van der Waals surface area contributed by atoms with E-state index in [-0.39, 0.29) is 18.3 Å². The first-order valence-electron chi connectivity index (χ1n) is 11.8. The van der Waals surface area contributed by atoms with E-state index < -0.39 is 12.0 Å². The molecular formula is C26H42N4O3. The molecule has 0 aromatic rings. The summed E-state index contributed by atoms with van der Waals surface area (Å²) in [6.45, 7) is 2.47. The third kappa shape index (κ3) is 21.9. The van der Waals surface area contributed by atoms with E-state index in [0.717, 1.165) is 38.5 Å². The molecule has 0 aliphatic heterocycles. The third-order valence-corrected chi connectivity index (χ3v) is 4.51. The van der Waals surface area contributed by atoms with E-state index in [1.165, 1.54) is 0 Å². The average Bonchev–Trinajstić information content (AvgIpc) is 2.77. The molecule has 0 heterocycles. The second-order valence-corrected chi connectivity index (χ2v) is 7.51. The van der Waals surface area contributed by atoms with E-state index in [1.54, 1.807) is 0 Å². The Balaban J connectivity index is 3.84. The summed E-state index contributed by atoms with van der Waals surface area (Å²) in [5, 5.41) is 11.8. The number of hydrogen-bond donors (Lipinski definition) is 4. The Hall–Kier alpha value is -3.09. The van der Waals surface area contributed by atoms with E-state index in [1.807, 2.05) is 0 Å². The SMILES string of the molecule is CC/C=C/C/C=C/C/C=C/C/C=C/C/C=C/CCCC(=O)NC(CCCN=C(N)N)C(=O)O. The van der Waals surface area contributed by atoms with E-state index >= 15 is 0 Å². The van der Waals surface area contributed by atoms with Crippen molar-refractivity contribution in [2.75, 3.05) is 6.54 Å². The summed E-state index contributed by atoms with van der Waals surface area (Å²) in [5.74, 6) is -1.33. The van der Waals surface area contributed by atoms with Crippen molar-refractivity contribution in [2.45, 2.75) is 77.2 Å². The Kier molecular flexibility index (Phi) is 20.0. The molecule has 0 aromatic carbocycles. The summed E-state index contributed by atoms with van der Waals surface area (Å²) in [4.78, 5) is 27.0. The van der Waals surface area contributed by atoms with Crippen LogP contribution in [-0.4, -0.2) is 35.5 Å². The Bertz CT molecular complexity index is 702. The molecule has 0 fully saturated rings. The molecule has 7 nitrogen and oxygen atoms in total. The summed E-state index contributed by atoms with van der Waals surface area (Å²) >= 11 is 0. The monoisotopic (exact) mass is 458 g/mol. The fourth-order valence-electron chi connectivity index (χ4n) is 2.78. The minimum Gasteiger partial charge on any atom is -0.480 e. The predicted octanol–water partition coefficient (Wildman–Crippen LogP) is 4.53. The molecule has 0 aliphatic carbocycles. The van der Waals surface area contributed by atoms with Crippen molar-refractivity contribution in [3.63, 3.8) is 0 Å². The highest BCUT2D eigenvalue weighted by Crippen LogP contribution is 2.03. The van der Waals surface area contributed by atoms with Crippen LogP contribution in [0.3, 0.4) is 0 Å². The van der Waals surface area contributed by atoms with Crippen molar-refractivity contribution < 1.29 is 14.7 Å². The second-order valence-electron chi connectivity index (χ2n) is 7.51. The number of carbonyl (C=O) groups excluding carboxylic acids is 1. The zero-order valence-electron chi connectivity index (χ0n) is 20.0. The maximum atomic E-state index is 12.0. The van der Waals surface area contributed by atoms with Gasteiger partial charge in [0.25, 0.3) is 0 Å². The zero-order valence-corrected chi connectivity index (χ0v) is 20.0. The number of nitrogens with two attached hydrogens (primary N) is 2. The Morgan fingerprint density at radius 2 is 1.36 bits per heavy atom. The lowest BCUT2D eigenvalue weighted by atomic mass is 10.1. The van der Waals surface area contributed by atoms with Crippen LogP contribution in [0.15, 0.2) is 65.8 Å². The maximum Gasteiger partial charge on any atom is 0.326 e. The molecule has 1 unspecified atom stereocenters. The molecule has 0 aromatic heterocycles. The Labute approximate surface area is 199 Å². The lowest BCUT2D eigenvalue weighted by Crippen LogP contribution is -2.40. The van der Waals surface area contributed by atoms with Gasteiger partial charge in [0, 0.05) is 13.0 Å². The van der Waals surface area contributed by atoms with Gasteiger partial charge in [-0.1, -0.05) is 67.7 Å². The lowest BCUT2D eigenvalue weighted by Gasteiger charge is -2.13. The van der Waals surface area contributed by atoms with Gasteiger partial charge in [0.1, 0.15) is 6.04 Å². The van der Waals surface area contributed by atoms with Crippen molar-refractivity contribution in [3.05, 3.63) is 60.8 Å². The van der Waals surface area contributed by atoms with Gasteiger partial charge in [0.15, 0.2) is 5.96 Å². The standard InChI is InChI=1S/C26H42N4O3/c1-2-3-4-5-6-7-8-9-10-11-12-13-14-15-16-17-18-21-24(31)30-23(25(32)33)20-19-22-29-26(27)28/h3-4,6-7,9-10,12-13,15-16,23H,2,5,8,11,14,17-22H2,1H3,(H,30,31)(H,32,33)(H4,27,28,29)/b4-3+,7-6+,10-9+,13-12+,16-15+. The predicted molar refractivity (Wildman–Crippen MR) is 138 cm³/mol. The van der Waals surface area contributed by atoms with Gasteiger partial charge in [-0.05, 0) is 57.8 Å². The third-order valence-electron chi connectivity index (χ3n) is 4.51. The van der Waals surface area contributed by atoms with Gasteiger partial charge in [-0.2, -0.15) is 0 Å². The first-order chi connectivity index (χ1) is 16.0. The van der Waals surface area contributed by atoms with Gasteiger partial charge < -0.3 is 21.9 Å². The lowest BCUT2D eigenvalue weighted by molar-refractivity contribution is -0.142. The van der Waals surface area contributed by atoms with Gasteiger partial charge in [0.05, 0.1) is 0 Å². The molecule has 0 bridgehead atoms. The van der Waals surface area contributed by atoms with Crippen LogP contribution >= 0.6 is 0 Å². The summed E-state index contributed by atoms with van der Waals surface area (Å²) in [7, 11) is 0. The molecule has 33 heavy (non-hydrogen) atoms. The number of aliphatic imine (C=N–C) groups is 1. The summed E-state index contributed by atoms with van der Waals surface area (Å²) in [6, 6.07) is -0.916. The van der Waals surface area contributed by atoms with Crippen LogP contribution in [-0.2, 0) is 9.59 Å². The quantitative estimate of drug-likeness (QED) is 0.0977. The van der Waals surface area contributed by atoms with Crippen LogP contribution < -0.4 is 16.8 Å². The highest BCUT2D eigenvalue weighted by Gasteiger charge is 2.18. The largest absolute Gasteiger partial charge is 0.480 e. The van der Waals surface area contributed by atoms with Crippen molar-refractivity contribution in [1.82, 2.24) is 5.32 Å². The van der Waals surface area contributed by atoms with Crippen LogP contribution in [0, 0.1) is 0 Å². The number of guanidine groups is 1. The highest BCUT2D eigenvalue weighted by molar-refractivity contribution is 5.83. The van der Waals surface area contributed by atoms with Crippen LogP contribution in [0.5, 0.6) is 0 Å². The molecule has 1 amide bonds. The molecule has 0 saturated heterocycles. The van der Waals surface area contributed by atoms with Gasteiger partial charge in [-0.3, -0.25) is 9.79 Å². The summed E-state index contributed by atoms with van der Waals surface area (Å²) in [6.07, 6.45) is 28.8. The fraction of sp³-hybridized carbons (Fsp3) is 0.500. The van der Waals surface area contributed by atoms with Crippen LogP contribution in [0.4, 0.5) is 0 Å². The van der Waals surface area contributed by atoms with Crippen molar-refractivity contribution >= 4 is 17.8 Å². The molecule has 7 heteroatoms. The average molecular weight is 459 g/mol. The van der Waals surface area contributed by atoms with E-state index in [2.05, 4.69) is 78.0 Å². The van der Waals surface area contributed by atoms with Gasteiger partial charge in [-0.15, -0.1) is 0 Å². The molecule has 0 rings (SSSR count). The van der Waals surface area contributed by atoms with Crippen LogP contribution in [0.2, 0.25) is 0 Å². The Morgan fingerprint density at radius 1 is 0.848 bits per heavy atom. The Morgan fingerprint density at radius 3 is 1.85 bits per heavy atom. The van der Waals surface area contributed by atoms with Gasteiger partial charge in [-0.25, -0.2) is 4.79 Å². The number of carboxylic acids is 1. The van der Waals surface area contributed by atoms with E-state index in [9.17, 15) is 14.7 Å². The normalized spacial score (nSPS) is 13.0. The maximum absolute atomic E-state index is 12.0. The second kappa shape index (κ2) is 22.1. The van der Waals surface area contributed by atoms with E-state index in [4.69, 9.17) is 11.5 Å². The molecule has 0 aliphatic rings. The summed E-state index contributed by atoms with van der Waals surface area (Å²) in [5.41, 5.74) is 10.5. The molecular weight excluding hydrogens is 416 g/mol. The van der Waals surface area contributed by atoms with Crippen LogP contribution in [0.1, 0.15) is 71.1 Å².